The quantitative estimate of drug-likeness (QED) is 0.744. The second-order valence-corrected chi connectivity index (χ2v) is 8.06. The van der Waals surface area contributed by atoms with Gasteiger partial charge < -0.3 is 21.1 Å². The Balaban J connectivity index is 1.41. The van der Waals surface area contributed by atoms with Crippen LogP contribution in [-0.2, 0) is 10.4 Å². The Kier molecular flexibility index (Phi) is 4.39. The molecule has 0 aromatic heterocycles. The first kappa shape index (κ1) is 17.3. The molecule has 0 spiro atoms. The Morgan fingerprint density at radius 3 is 2.35 bits per heavy atom. The van der Waals surface area contributed by atoms with Crippen LogP contribution in [0.1, 0.15) is 31.2 Å². The number of hydrogen-bond donors (Lipinski definition) is 3. The number of carbonyl (C=O) groups is 2. The van der Waals surface area contributed by atoms with Crippen LogP contribution in [0.4, 0.5) is 4.79 Å². The normalized spacial score (nSPS) is 29.9. The molecular formula is C20H27N3O3. The van der Waals surface area contributed by atoms with Gasteiger partial charge in [-0.25, -0.2) is 4.79 Å². The van der Waals surface area contributed by atoms with Gasteiger partial charge in [-0.15, -0.1) is 0 Å². The largest absolute Gasteiger partial charge is 0.375 e. The van der Waals surface area contributed by atoms with Gasteiger partial charge in [-0.3, -0.25) is 4.79 Å². The van der Waals surface area contributed by atoms with E-state index in [9.17, 15) is 14.7 Å². The predicted molar refractivity (Wildman–Crippen MR) is 96.9 cm³/mol. The van der Waals surface area contributed by atoms with E-state index in [1.54, 1.807) is 4.90 Å². The zero-order chi connectivity index (χ0) is 18.3. The number of primary amides is 1. The van der Waals surface area contributed by atoms with Gasteiger partial charge in [-0.05, 0) is 36.2 Å². The number of hydrogen-bond acceptors (Lipinski definition) is 3. The second kappa shape index (κ2) is 6.58. The van der Waals surface area contributed by atoms with E-state index >= 15 is 0 Å². The maximum atomic E-state index is 13.0. The SMILES string of the molecule is NC(=O)N1CC2C(CNC(=O)C(O)(c3ccccc3)C3CCCC3)C2C1. The van der Waals surface area contributed by atoms with Gasteiger partial charge in [0.25, 0.3) is 5.91 Å². The minimum Gasteiger partial charge on any atom is -0.375 e. The van der Waals surface area contributed by atoms with Gasteiger partial charge in [-0.1, -0.05) is 43.2 Å². The molecule has 3 fully saturated rings. The summed E-state index contributed by atoms with van der Waals surface area (Å²) in [5.41, 5.74) is 4.55. The van der Waals surface area contributed by atoms with Crippen LogP contribution in [-0.4, -0.2) is 41.6 Å². The molecule has 1 aromatic rings. The summed E-state index contributed by atoms with van der Waals surface area (Å²) in [6, 6.07) is 8.95. The third-order valence-electron chi connectivity index (χ3n) is 6.69. The number of fused-ring (bicyclic) bond motifs is 1. The molecule has 0 radical (unpaired) electrons. The predicted octanol–water partition coefficient (Wildman–Crippen LogP) is 1.44. The lowest BCUT2D eigenvalue weighted by Gasteiger charge is -2.33. The summed E-state index contributed by atoms with van der Waals surface area (Å²) >= 11 is 0. The van der Waals surface area contributed by atoms with E-state index in [0.717, 1.165) is 25.7 Å². The van der Waals surface area contributed by atoms with Gasteiger partial charge in [0.05, 0.1) is 0 Å². The summed E-state index contributed by atoms with van der Waals surface area (Å²) in [5.74, 6) is 0.928. The highest BCUT2D eigenvalue weighted by molar-refractivity contribution is 5.86. The fraction of sp³-hybridized carbons (Fsp3) is 0.600. The minimum absolute atomic E-state index is 0.0334. The van der Waals surface area contributed by atoms with Crippen LogP contribution in [0.2, 0.25) is 0 Å². The van der Waals surface area contributed by atoms with Crippen molar-refractivity contribution in [3.8, 4) is 0 Å². The molecule has 1 saturated heterocycles. The first-order valence-corrected chi connectivity index (χ1v) is 9.62. The number of likely N-dealkylation sites (tertiary alicyclic amines) is 1. The Labute approximate surface area is 153 Å². The Morgan fingerprint density at radius 1 is 1.15 bits per heavy atom. The average Bonchev–Trinajstić information content (AvgIpc) is 3.09. The van der Waals surface area contributed by atoms with Crippen LogP contribution < -0.4 is 11.1 Å². The van der Waals surface area contributed by atoms with Crippen molar-refractivity contribution in [2.45, 2.75) is 31.3 Å². The molecule has 4 rings (SSSR count). The highest BCUT2D eigenvalue weighted by Gasteiger charge is 2.56. The van der Waals surface area contributed by atoms with Gasteiger partial charge in [-0.2, -0.15) is 0 Å². The van der Waals surface area contributed by atoms with E-state index in [4.69, 9.17) is 5.73 Å². The van der Waals surface area contributed by atoms with Crippen LogP contribution in [0.5, 0.6) is 0 Å². The van der Waals surface area contributed by atoms with Gasteiger partial charge in [0.15, 0.2) is 5.60 Å². The summed E-state index contributed by atoms with van der Waals surface area (Å²) in [6.07, 6.45) is 3.87. The Hall–Kier alpha value is -2.08. The lowest BCUT2D eigenvalue weighted by atomic mass is 9.79. The number of amides is 3. The van der Waals surface area contributed by atoms with Crippen LogP contribution >= 0.6 is 0 Å². The second-order valence-electron chi connectivity index (χ2n) is 8.06. The highest BCUT2D eigenvalue weighted by Crippen LogP contribution is 2.51. The van der Waals surface area contributed by atoms with Crippen LogP contribution in [0.15, 0.2) is 30.3 Å². The highest BCUT2D eigenvalue weighted by atomic mass is 16.3. The minimum atomic E-state index is -1.46. The molecule has 1 aromatic carbocycles. The Morgan fingerprint density at radius 2 is 1.77 bits per heavy atom. The fourth-order valence-electron chi connectivity index (χ4n) is 5.07. The van der Waals surface area contributed by atoms with E-state index in [2.05, 4.69) is 5.32 Å². The number of benzene rings is 1. The van der Waals surface area contributed by atoms with Crippen molar-refractivity contribution in [2.24, 2.45) is 29.4 Å². The van der Waals surface area contributed by atoms with Crippen molar-refractivity contribution in [1.29, 1.82) is 0 Å². The first-order chi connectivity index (χ1) is 12.5. The summed E-state index contributed by atoms with van der Waals surface area (Å²) in [4.78, 5) is 25.9. The van der Waals surface area contributed by atoms with Crippen molar-refractivity contribution in [3.05, 3.63) is 35.9 Å². The number of aliphatic hydroxyl groups is 1. The zero-order valence-electron chi connectivity index (χ0n) is 14.9. The number of urea groups is 1. The molecule has 1 aliphatic heterocycles. The standard InChI is InChI=1S/C20H27N3O3/c21-19(25)23-11-16-15(17(16)12-23)10-22-18(24)20(26,14-8-4-5-9-14)13-6-2-1-3-7-13/h1-3,6-7,14-17,26H,4-5,8-12H2,(H2,21,25)(H,22,24). The molecule has 3 atom stereocenters. The molecule has 0 bridgehead atoms. The fourth-order valence-corrected chi connectivity index (χ4v) is 5.07. The van der Waals surface area contributed by atoms with Crippen molar-refractivity contribution in [3.63, 3.8) is 0 Å². The maximum absolute atomic E-state index is 13.0. The first-order valence-electron chi connectivity index (χ1n) is 9.62. The van der Waals surface area contributed by atoms with Crippen LogP contribution in [0.3, 0.4) is 0 Å². The topological polar surface area (TPSA) is 95.7 Å². The molecule has 2 saturated carbocycles. The van der Waals surface area contributed by atoms with Gasteiger partial charge in [0.2, 0.25) is 0 Å². The smallest absolute Gasteiger partial charge is 0.314 e. The van der Waals surface area contributed by atoms with E-state index < -0.39 is 5.60 Å². The Bertz CT molecular complexity index is 677. The third kappa shape index (κ3) is 2.86. The van der Waals surface area contributed by atoms with Gasteiger partial charge in [0, 0.05) is 25.6 Å². The summed E-state index contributed by atoms with van der Waals surface area (Å²) in [6.45, 7) is 1.93. The molecule has 3 amide bonds. The summed E-state index contributed by atoms with van der Waals surface area (Å²) in [7, 11) is 0. The number of nitrogens with zero attached hydrogens (tertiary/aromatic N) is 1. The number of rotatable bonds is 5. The van der Waals surface area contributed by atoms with Crippen molar-refractivity contribution in [2.75, 3.05) is 19.6 Å². The zero-order valence-corrected chi connectivity index (χ0v) is 14.9. The molecule has 26 heavy (non-hydrogen) atoms. The van der Waals surface area contributed by atoms with E-state index in [-0.39, 0.29) is 17.9 Å². The summed E-state index contributed by atoms with van der Waals surface area (Å²) in [5, 5.41) is 14.4. The monoisotopic (exact) mass is 357 g/mol. The lowest BCUT2D eigenvalue weighted by Crippen LogP contribution is -2.49. The number of nitrogens with one attached hydrogen (secondary N) is 1. The van der Waals surface area contributed by atoms with Crippen molar-refractivity contribution < 1.29 is 14.7 Å². The lowest BCUT2D eigenvalue weighted by molar-refractivity contribution is -0.147. The number of carbonyl (C=O) groups excluding carboxylic acids is 2. The van der Waals surface area contributed by atoms with E-state index in [1.165, 1.54) is 0 Å². The molecule has 2 aliphatic carbocycles. The number of nitrogens with two attached hydrogens (primary N) is 1. The average molecular weight is 357 g/mol. The van der Waals surface area contributed by atoms with E-state index in [0.29, 0.717) is 43.0 Å². The molecule has 6 heteroatoms. The molecule has 3 unspecified atom stereocenters. The van der Waals surface area contributed by atoms with Crippen LogP contribution in [0, 0.1) is 23.7 Å². The molecular weight excluding hydrogens is 330 g/mol. The van der Waals surface area contributed by atoms with Gasteiger partial charge >= 0.3 is 6.03 Å². The van der Waals surface area contributed by atoms with E-state index in [1.807, 2.05) is 30.3 Å². The maximum Gasteiger partial charge on any atom is 0.314 e. The molecule has 1 heterocycles. The molecule has 3 aliphatic rings. The van der Waals surface area contributed by atoms with Crippen LogP contribution in [0.25, 0.3) is 0 Å². The van der Waals surface area contributed by atoms with Gasteiger partial charge in [0.1, 0.15) is 0 Å². The third-order valence-corrected chi connectivity index (χ3v) is 6.69. The number of piperidine rings is 1. The van der Waals surface area contributed by atoms with Crippen molar-refractivity contribution >= 4 is 11.9 Å². The van der Waals surface area contributed by atoms with Crippen molar-refractivity contribution in [1.82, 2.24) is 10.2 Å². The molecule has 4 N–H and O–H groups in total. The molecule has 6 nitrogen and oxygen atoms in total. The summed E-state index contributed by atoms with van der Waals surface area (Å²) < 4.78 is 0. The molecule has 140 valence electrons.